The third-order valence-corrected chi connectivity index (χ3v) is 3.19. The van der Waals surface area contributed by atoms with Crippen LogP contribution in [0.25, 0.3) is 0 Å². The van der Waals surface area contributed by atoms with E-state index in [1.54, 1.807) is 18.9 Å². The fraction of sp³-hybridized carbons (Fsp3) is 0.917. The molecule has 0 aromatic rings. The lowest BCUT2D eigenvalue weighted by molar-refractivity contribution is -0.131. The molecule has 16 heavy (non-hydrogen) atoms. The van der Waals surface area contributed by atoms with E-state index in [1.165, 1.54) is 12.8 Å². The van der Waals surface area contributed by atoms with Gasteiger partial charge in [0.25, 0.3) is 0 Å². The van der Waals surface area contributed by atoms with E-state index in [4.69, 9.17) is 0 Å². The number of likely N-dealkylation sites (N-methyl/N-ethyl adjacent to an activating group) is 1. The van der Waals surface area contributed by atoms with Crippen molar-refractivity contribution in [2.75, 3.05) is 26.7 Å². The maximum absolute atomic E-state index is 11.7. The van der Waals surface area contributed by atoms with Crippen molar-refractivity contribution in [2.45, 2.75) is 38.7 Å². The molecule has 2 N–H and O–H groups in total. The van der Waals surface area contributed by atoms with Crippen LogP contribution in [0.3, 0.4) is 0 Å². The summed E-state index contributed by atoms with van der Waals surface area (Å²) in [5.41, 5.74) is 0. The molecule has 0 aliphatic carbocycles. The van der Waals surface area contributed by atoms with Crippen molar-refractivity contribution in [3.8, 4) is 0 Å². The van der Waals surface area contributed by atoms with Crippen LogP contribution >= 0.6 is 0 Å². The van der Waals surface area contributed by atoms with Gasteiger partial charge in [0.2, 0.25) is 5.91 Å². The summed E-state index contributed by atoms with van der Waals surface area (Å²) >= 11 is 0. The van der Waals surface area contributed by atoms with Gasteiger partial charge in [-0.05, 0) is 45.2 Å². The lowest BCUT2D eigenvalue weighted by atomic mass is 9.93. The minimum Gasteiger partial charge on any atom is -0.392 e. The molecule has 0 aromatic heterocycles. The monoisotopic (exact) mass is 228 g/mol. The van der Waals surface area contributed by atoms with E-state index in [1.807, 2.05) is 0 Å². The highest BCUT2D eigenvalue weighted by Gasteiger charge is 2.16. The van der Waals surface area contributed by atoms with E-state index in [0.717, 1.165) is 19.5 Å². The maximum Gasteiger partial charge on any atom is 0.222 e. The Morgan fingerprint density at radius 1 is 1.50 bits per heavy atom. The van der Waals surface area contributed by atoms with Crippen LogP contribution in [0.4, 0.5) is 0 Å². The maximum atomic E-state index is 11.7. The molecule has 1 atom stereocenters. The number of piperidine rings is 1. The number of carbonyl (C=O) groups excluding carboxylic acids is 1. The van der Waals surface area contributed by atoms with Crippen molar-refractivity contribution in [2.24, 2.45) is 5.92 Å². The molecule has 4 heteroatoms. The zero-order chi connectivity index (χ0) is 12.0. The number of amides is 1. The Balaban J connectivity index is 2.17. The van der Waals surface area contributed by atoms with Crippen molar-refractivity contribution < 1.29 is 9.90 Å². The van der Waals surface area contributed by atoms with E-state index in [-0.39, 0.29) is 5.91 Å². The number of aliphatic hydroxyl groups excluding tert-OH is 1. The molecule has 4 nitrogen and oxygen atoms in total. The summed E-state index contributed by atoms with van der Waals surface area (Å²) in [6, 6.07) is 0. The van der Waals surface area contributed by atoms with Gasteiger partial charge in [0.15, 0.2) is 0 Å². The number of aliphatic hydroxyl groups is 1. The summed E-state index contributed by atoms with van der Waals surface area (Å²) in [4.78, 5) is 13.4. The first-order valence-electron chi connectivity index (χ1n) is 6.22. The quantitative estimate of drug-likeness (QED) is 0.725. The third kappa shape index (κ3) is 4.94. The zero-order valence-corrected chi connectivity index (χ0v) is 10.4. The van der Waals surface area contributed by atoms with Gasteiger partial charge in [-0.25, -0.2) is 0 Å². The lowest BCUT2D eigenvalue weighted by Crippen LogP contribution is -2.34. The fourth-order valence-electron chi connectivity index (χ4n) is 2.19. The van der Waals surface area contributed by atoms with Crippen molar-refractivity contribution in [1.29, 1.82) is 0 Å². The Hall–Kier alpha value is -0.610. The topological polar surface area (TPSA) is 52.6 Å². The average molecular weight is 228 g/mol. The summed E-state index contributed by atoms with van der Waals surface area (Å²) in [6.45, 7) is 4.31. The highest BCUT2D eigenvalue weighted by atomic mass is 16.3. The Morgan fingerprint density at radius 3 is 2.69 bits per heavy atom. The van der Waals surface area contributed by atoms with Crippen LogP contribution in [0.5, 0.6) is 0 Å². The molecule has 1 saturated heterocycles. The number of carbonyl (C=O) groups is 1. The Kier molecular flexibility index (Phi) is 5.77. The number of rotatable bonds is 5. The second-order valence-electron chi connectivity index (χ2n) is 4.86. The van der Waals surface area contributed by atoms with Crippen LogP contribution < -0.4 is 5.32 Å². The van der Waals surface area contributed by atoms with Crippen LogP contribution in [-0.4, -0.2) is 48.7 Å². The van der Waals surface area contributed by atoms with Crippen LogP contribution in [0, 0.1) is 5.92 Å². The summed E-state index contributed by atoms with van der Waals surface area (Å²) in [7, 11) is 1.76. The molecule has 1 aliphatic rings. The predicted octanol–water partition coefficient (Wildman–Crippen LogP) is 0.605. The molecule has 0 bridgehead atoms. The predicted molar refractivity (Wildman–Crippen MR) is 64.1 cm³/mol. The van der Waals surface area contributed by atoms with Crippen molar-refractivity contribution in [3.63, 3.8) is 0 Å². The molecule has 1 rings (SSSR count). The van der Waals surface area contributed by atoms with Crippen LogP contribution in [0.15, 0.2) is 0 Å². The molecule has 1 heterocycles. The molecule has 0 saturated carbocycles. The van der Waals surface area contributed by atoms with Gasteiger partial charge in [0.1, 0.15) is 0 Å². The fourth-order valence-corrected chi connectivity index (χ4v) is 2.19. The van der Waals surface area contributed by atoms with Crippen LogP contribution in [0.2, 0.25) is 0 Å². The second-order valence-corrected chi connectivity index (χ2v) is 4.86. The van der Waals surface area contributed by atoms with E-state index in [9.17, 15) is 9.90 Å². The van der Waals surface area contributed by atoms with E-state index in [0.29, 0.717) is 18.9 Å². The number of nitrogens with zero attached hydrogens (tertiary/aromatic N) is 1. The number of hydrogen-bond donors (Lipinski definition) is 2. The van der Waals surface area contributed by atoms with Crippen molar-refractivity contribution >= 4 is 5.91 Å². The Bertz CT molecular complexity index is 213. The molecule has 94 valence electrons. The molecular formula is C12H24N2O2. The van der Waals surface area contributed by atoms with Gasteiger partial charge in [-0.3, -0.25) is 4.79 Å². The van der Waals surface area contributed by atoms with Crippen molar-refractivity contribution in [1.82, 2.24) is 10.2 Å². The molecule has 0 radical (unpaired) electrons. The number of nitrogens with one attached hydrogen (secondary N) is 1. The first-order valence-corrected chi connectivity index (χ1v) is 6.22. The molecule has 0 aromatic carbocycles. The summed E-state index contributed by atoms with van der Waals surface area (Å²) in [5.74, 6) is 0.851. The molecular weight excluding hydrogens is 204 g/mol. The van der Waals surface area contributed by atoms with Gasteiger partial charge in [0, 0.05) is 20.0 Å². The third-order valence-electron chi connectivity index (χ3n) is 3.19. The normalized spacial score (nSPS) is 19.4. The molecule has 1 unspecified atom stereocenters. The summed E-state index contributed by atoms with van der Waals surface area (Å²) in [6.07, 6.45) is 3.55. The Morgan fingerprint density at radius 2 is 2.12 bits per heavy atom. The standard InChI is InChI=1S/C12H24N2O2/c1-10(15)9-14(2)12(16)4-3-11-5-7-13-8-6-11/h10-11,13,15H,3-9H2,1-2H3. The molecule has 0 spiro atoms. The minimum atomic E-state index is -0.437. The van der Waals surface area contributed by atoms with Gasteiger partial charge in [-0.1, -0.05) is 0 Å². The summed E-state index contributed by atoms with van der Waals surface area (Å²) < 4.78 is 0. The first-order chi connectivity index (χ1) is 7.59. The Labute approximate surface area is 98.0 Å². The van der Waals surface area contributed by atoms with E-state index < -0.39 is 6.10 Å². The van der Waals surface area contributed by atoms with Crippen molar-refractivity contribution in [3.05, 3.63) is 0 Å². The van der Waals surface area contributed by atoms with Gasteiger partial charge < -0.3 is 15.3 Å². The van der Waals surface area contributed by atoms with Gasteiger partial charge in [-0.15, -0.1) is 0 Å². The minimum absolute atomic E-state index is 0.152. The molecule has 1 aliphatic heterocycles. The van der Waals surface area contributed by atoms with E-state index >= 15 is 0 Å². The SMILES string of the molecule is CC(O)CN(C)C(=O)CCC1CCNCC1. The van der Waals surface area contributed by atoms with Gasteiger partial charge >= 0.3 is 0 Å². The van der Waals surface area contributed by atoms with Gasteiger partial charge in [0.05, 0.1) is 6.10 Å². The largest absolute Gasteiger partial charge is 0.392 e. The van der Waals surface area contributed by atoms with Gasteiger partial charge in [-0.2, -0.15) is 0 Å². The van der Waals surface area contributed by atoms with E-state index in [2.05, 4.69) is 5.32 Å². The number of hydrogen-bond acceptors (Lipinski definition) is 3. The first kappa shape index (κ1) is 13.5. The summed E-state index contributed by atoms with van der Waals surface area (Å²) in [5, 5.41) is 12.5. The highest BCUT2D eigenvalue weighted by molar-refractivity contribution is 5.75. The highest BCUT2D eigenvalue weighted by Crippen LogP contribution is 2.18. The second kappa shape index (κ2) is 6.86. The average Bonchev–Trinajstić information content (AvgIpc) is 2.26. The van der Waals surface area contributed by atoms with Crippen LogP contribution in [0.1, 0.15) is 32.6 Å². The molecule has 1 fully saturated rings. The smallest absolute Gasteiger partial charge is 0.222 e. The zero-order valence-electron chi connectivity index (χ0n) is 10.4. The molecule has 1 amide bonds. The lowest BCUT2D eigenvalue weighted by Gasteiger charge is -2.24. The van der Waals surface area contributed by atoms with Crippen LogP contribution in [-0.2, 0) is 4.79 Å².